The maximum atomic E-state index is 11.8. The normalized spacial score (nSPS) is 18.6. The lowest BCUT2D eigenvalue weighted by Gasteiger charge is -2.22. The molecule has 1 aliphatic rings. The van der Waals surface area contributed by atoms with Gasteiger partial charge in [0, 0.05) is 19.6 Å². The number of guanidine groups is 1. The minimum absolute atomic E-state index is 0.274. The third kappa shape index (κ3) is 5.71. The van der Waals surface area contributed by atoms with E-state index in [1.165, 1.54) is 19.9 Å². The lowest BCUT2D eigenvalue weighted by molar-refractivity contribution is 0.403. The number of aliphatic imine (C=N–C) groups is 1. The first kappa shape index (κ1) is 20.7. The van der Waals surface area contributed by atoms with Crippen molar-refractivity contribution in [1.82, 2.24) is 14.9 Å². The van der Waals surface area contributed by atoms with E-state index in [0.29, 0.717) is 6.54 Å². The predicted molar refractivity (Wildman–Crippen MR) is 107 cm³/mol. The molecule has 1 heterocycles. The maximum Gasteiger partial charge on any atom is 0.240 e. The SMILES string of the molecule is CCNC(=NCc1ccc(S(=O)(=O)NC)cc1)N1CCC(CC(C)C)C1. The number of nitrogens with zero attached hydrogens (tertiary/aromatic N) is 2. The minimum Gasteiger partial charge on any atom is -0.357 e. The van der Waals surface area contributed by atoms with E-state index in [1.807, 2.05) is 12.1 Å². The number of sulfonamides is 1. The van der Waals surface area contributed by atoms with Gasteiger partial charge in [0.25, 0.3) is 0 Å². The van der Waals surface area contributed by atoms with Gasteiger partial charge in [-0.3, -0.25) is 0 Å². The van der Waals surface area contributed by atoms with Crippen molar-refractivity contribution in [3.05, 3.63) is 29.8 Å². The van der Waals surface area contributed by atoms with Gasteiger partial charge < -0.3 is 10.2 Å². The largest absolute Gasteiger partial charge is 0.357 e. The van der Waals surface area contributed by atoms with Crippen molar-refractivity contribution in [2.75, 3.05) is 26.7 Å². The molecular formula is C19H32N4O2S. The average Bonchev–Trinajstić information content (AvgIpc) is 3.06. The van der Waals surface area contributed by atoms with Crippen molar-refractivity contribution in [1.29, 1.82) is 0 Å². The summed E-state index contributed by atoms with van der Waals surface area (Å²) in [6.45, 7) is 10.1. The van der Waals surface area contributed by atoms with Crippen LogP contribution in [0.5, 0.6) is 0 Å². The summed E-state index contributed by atoms with van der Waals surface area (Å²) in [6, 6.07) is 6.89. The first-order chi connectivity index (χ1) is 12.4. The molecule has 0 aliphatic carbocycles. The van der Waals surface area contributed by atoms with E-state index in [1.54, 1.807) is 12.1 Å². The Morgan fingerprint density at radius 1 is 1.31 bits per heavy atom. The van der Waals surface area contributed by atoms with E-state index in [0.717, 1.165) is 43.0 Å². The average molecular weight is 381 g/mol. The molecule has 26 heavy (non-hydrogen) atoms. The highest BCUT2D eigenvalue weighted by Gasteiger charge is 2.25. The van der Waals surface area contributed by atoms with Crippen LogP contribution in [0.2, 0.25) is 0 Å². The lowest BCUT2D eigenvalue weighted by Crippen LogP contribution is -2.40. The molecule has 0 amide bonds. The van der Waals surface area contributed by atoms with E-state index in [4.69, 9.17) is 4.99 Å². The molecule has 1 aromatic rings. The number of nitrogens with one attached hydrogen (secondary N) is 2. The van der Waals surface area contributed by atoms with E-state index in [2.05, 4.69) is 35.7 Å². The molecule has 1 unspecified atom stereocenters. The maximum absolute atomic E-state index is 11.8. The summed E-state index contributed by atoms with van der Waals surface area (Å²) in [5, 5.41) is 3.38. The van der Waals surface area contributed by atoms with Gasteiger partial charge in [-0.15, -0.1) is 0 Å². The standard InChI is InChI=1S/C19H32N4O2S/c1-5-21-19(23-11-10-17(14-23)12-15(2)3)22-13-16-6-8-18(9-7-16)26(24,25)20-4/h6-9,15,17,20H,5,10-14H2,1-4H3,(H,21,22). The zero-order valence-corrected chi connectivity index (χ0v) is 17.1. The summed E-state index contributed by atoms with van der Waals surface area (Å²) < 4.78 is 25.9. The van der Waals surface area contributed by atoms with Gasteiger partial charge in [0.15, 0.2) is 5.96 Å². The number of likely N-dealkylation sites (tertiary alicyclic amines) is 1. The van der Waals surface area contributed by atoms with Crippen LogP contribution in [0.3, 0.4) is 0 Å². The third-order valence-electron chi connectivity index (χ3n) is 4.64. The molecule has 0 aromatic heterocycles. The van der Waals surface area contributed by atoms with Crippen LogP contribution in [0.1, 0.15) is 39.2 Å². The Balaban J connectivity index is 2.03. The Bertz CT molecular complexity index is 699. The monoisotopic (exact) mass is 380 g/mol. The molecule has 6 nitrogen and oxygen atoms in total. The Morgan fingerprint density at radius 2 is 2.00 bits per heavy atom. The molecule has 1 aromatic carbocycles. The van der Waals surface area contributed by atoms with Crippen molar-refractivity contribution in [2.45, 2.75) is 45.1 Å². The van der Waals surface area contributed by atoms with Crippen molar-refractivity contribution >= 4 is 16.0 Å². The van der Waals surface area contributed by atoms with Gasteiger partial charge in [-0.05, 0) is 56.3 Å². The smallest absolute Gasteiger partial charge is 0.240 e. The summed E-state index contributed by atoms with van der Waals surface area (Å²) in [7, 11) is -1.98. The quantitative estimate of drug-likeness (QED) is 0.563. The van der Waals surface area contributed by atoms with E-state index in [9.17, 15) is 8.42 Å². The van der Waals surface area contributed by atoms with Gasteiger partial charge in [0.1, 0.15) is 0 Å². The second-order valence-corrected chi connectivity index (χ2v) is 9.14. The highest BCUT2D eigenvalue weighted by molar-refractivity contribution is 7.89. The summed E-state index contributed by atoms with van der Waals surface area (Å²) >= 11 is 0. The zero-order valence-electron chi connectivity index (χ0n) is 16.3. The van der Waals surface area contributed by atoms with Gasteiger partial charge in [0.2, 0.25) is 10.0 Å². The van der Waals surface area contributed by atoms with E-state index < -0.39 is 10.0 Å². The molecule has 0 saturated carbocycles. The first-order valence-corrected chi connectivity index (χ1v) is 10.9. The number of hydrogen-bond acceptors (Lipinski definition) is 3. The summed E-state index contributed by atoms with van der Waals surface area (Å²) in [4.78, 5) is 7.38. The Kier molecular flexibility index (Phi) is 7.46. The molecule has 1 atom stereocenters. The summed E-state index contributed by atoms with van der Waals surface area (Å²) in [5.41, 5.74) is 0.994. The van der Waals surface area contributed by atoms with Gasteiger partial charge in [-0.25, -0.2) is 18.1 Å². The van der Waals surface area contributed by atoms with Crippen LogP contribution in [0, 0.1) is 11.8 Å². The van der Waals surface area contributed by atoms with Crippen LogP contribution < -0.4 is 10.0 Å². The van der Waals surface area contributed by atoms with Gasteiger partial charge in [0.05, 0.1) is 11.4 Å². The fourth-order valence-corrected chi connectivity index (χ4v) is 4.10. The van der Waals surface area contributed by atoms with E-state index in [-0.39, 0.29) is 4.90 Å². The van der Waals surface area contributed by atoms with E-state index >= 15 is 0 Å². The molecule has 1 fully saturated rings. The number of rotatable bonds is 7. The molecule has 0 radical (unpaired) electrons. The minimum atomic E-state index is -3.39. The summed E-state index contributed by atoms with van der Waals surface area (Å²) in [6.07, 6.45) is 2.48. The number of benzene rings is 1. The second kappa shape index (κ2) is 9.37. The molecule has 7 heteroatoms. The lowest BCUT2D eigenvalue weighted by atomic mass is 9.97. The van der Waals surface area contributed by atoms with Crippen LogP contribution >= 0.6 is 0 Å². The van der Waals surface area contributed by atoms with Crippen molar-refractivity contribution < 1.29 is 8.42 Å². The Morgan fingerprint density at radius 3 is 2.58 bits per heavy atom. The van der Waals surface area contributed by atoms with Crippen LogP contribution in [0.25, 0.3) is 0 Å². The molecular weight excluding hydrogens is 348 g/mol. The predicted octanol–water partition coefficient (Wildman–Crippen LogP) is 2.43. The fraction of sp³-hybridized carbons (Fsp3) is 0.632. The van der Waals surface area contributed by atoms with Crippen molar-refractivity contribution in [2.24, 2.45) is 16.8 Å². The molecule has 0 spiro atoms. The molecule has 2 rings (SSSR count). The zero-order chi connectivity index (χ0) is 19.2. The van der Waals surface area contributed by atoms with Crippen LogP contribution in [-0.2, 0) is 16.6 Å². The number of hydrogen-bond donors (Lipinski definition) is 2. The molecule has 2 N–H and O–H groups in total. The van der Waals surface area contributed by atoms with Crippen molar-refractivity contribution in [3.63, 3.8) is 0 Å². The van der Waals surface area contributed by atoms with Crippen LogP contribution in [0.15, 0.2) is 34.2 Å². The fourth-order valence-electron chi connectivity index (χ4n) is 3.37. The first-order valence-electron chi connectivity index (χ1n) is 9.41. The van der Waals surface area contributed by atoms with Gasteiger partial charge in [-0.1, -0.05) is 26.0 Å². The molecule has 0 bridgehead atoms. The highest BCUT2D eigenvalue weighted by atomic mass is 32.2. The van der Waals surface area contributed by atoms with Crippen LogP contribution in [-0.4, -0.2) is 46.0 Å². The summed E-state index contributed by atoms with van der Waals surface area (Å²) in [5.74, 6) is 2.42. The van der Waals surface area contributed by atoms with Crippen LogP contribution in [0.4, 0.5) is 0 Å². The topological polar surface area (TPSA) is 73.8 Å². The molecule has 146 valence electrons. The van der Waals surface area contributed by atoms with Crippen molar-refractivity contribution in [3.8, 4) is 0 Å². The van der Waals surface area contributed by atoms with Gasteiger partial charge in [-0.2, -0.15) is 0 Å². The van der Waals surface area contributed by atoms with Gasteiger partial charge >= 0.3 is 0 Å². The second-order valence-electron chi connectivity index (χ2n) is 7.25. The highest BCUT2D eigenvalue weighted by Crippen LogP contribution is 2.23. The Labute approximate surface area is 158 Å². The molecule has 1 aliphatic heterocycles. The Hall–Kier alpha value is -1.60. The molecule has 1 saturated heterocycles. The third-order valence-corrected chi connectivity index (χ3v) is 6.07.